The Morgan fingerprint density at radius 1 is 1.29 bits per heavy atom. The van der Waals surface area contributed by atoms with Gasteiger partial charge in [0.15, 0.2) is 0 Å². The number of hydrogen-bond donors (Lipinski definition) is 1. The quantitative estimate of drug-likeness (QED) is 0.631. The molecule has 3 heteroatoms. The molecule has 0 aliphatic heterocycles. The van der Waals surface area contributed by atoms with Crippen LogP contribution in [-0.4, -0.2) is 12.1 Å². The number of aryl methyl sites for hydroxylation is 1. The molecule has 0 amide bonds. The van der Waals surface area contributed by atoms with E-state index in [9.17, 15) is 4.79 Å². The molecule has 1 aliphatic rings. The smallest absolute Gasteiger partial charge is 0.338 e. The lowest BCUT2D eigenvalue weighted by Crippen LogP contribution is -2.21. The summed E-state index contributed by atoms with van der Waals surface area (Å²) < 4.78 is 5.52. The Balaban J connectivity index is 2.05. The van der Waals surface area contributed by atoms with Gasteiger partial charge in [-0.1, -0.05) is 12.5 Å². The van der Waals surface area contributed by atoms with E-state index in [0.29, 0.717) is 11.3 Å². The van der Waals surface area contributed by atoms with Crippen LogP contribution in [0.25, 0.3) is 0 Å². The van der Waals surface area contributed by atoms with Gasteiger partial charge in [0.1, 0.15) is 6.10 Å². The molecular weight excluding hydrogens is 214 g/mol. The molecule has 0 spiro atoms. The molecule has 17 heavy (non-hydrogen) atoms. The number of anilines is 1. The second-order valence-corrected chi connectivity index (χ2v) is 4.74. The van der Waals surface area contributed by atoms with E-state index in [2.05, 4.69) is 0 Å². The molecule has 1 saturated carbocycles. The summed E-state index contributed by atoms with van der Waals surface area (Å²) in [5.74, 6) is -0.235. The minimum Gasteiger partial charge on any atom is -0.459 e. The predicted octanol–water partition coefficient (Wildman–Crippen LogP) is 3.07. The van der Waals surface area contributed by atoms with Crippen LogP contribution in [0.3, 0.4) is 0 Å². The van der Waals surface area contributed by atoms with Gasteiger partial charge in [0.05, 0.1) is 5.56 Å². The summed E-state index contributed by atoms with van der Waals surface area (Å²) in [4.78, 5) is 12.0. The van der Waals surface area contributed by atoms with Gasteiger partial charge in [-0.15, -0.1) is 0 Å². The zero-order chi connectivity index (χ0) is 12.3. The van der Waals surface area contributed by atoms with E-state index in [0.717, 1.165) is 31.2 Å². The largest absolute Gasteiger partial charge is 0.459 e. The van der Waals surface area contributed by atoms with Crippen molar-refractivity contribution >= 4 is 11.7 Å². The van der Waals surface area contributed by atoms with Gasteiger partial charge in [0, 0.05) is 5.69 Å². The number of ether oxygens (including phenoxy) is 1. The van der Waals surface area contributed by atoms with Crippen molar-refractivity contribution in [3.63, 3.8) is 0 Å². The van der Waals surface area contributed by atoms with Crippen molar-refractivity contribution in [2.45, 2.75) is 45.1 Å². The number of carbonyl (C=O) groups excluding carboxylic acids is 1. The van der Waals surface area contributed by atoms with Crippen LogP contribution in [0.15, 0.2) is 18.2 Å². The average Bonchev–Trinajstić information content (AvgIpc) is 2.33. The minimum absolute atomic E-state index is 0.0945. The van der Waals surface area contributed by atoms with Crippen molar-refractivity contribution in [1.82, 2.24) is 0 Å². The third-order valence-electron chi connectivity index (χ3n) is 3.31. The number of esters is 1. The summed E-state index contributed by atoms with van der Waals surface area (Å²) in [5, 5.41) is 0. The van der Waals surface area contributed by atoms with Gasteiger partial charge in [-0.25, -0.2) is 4.79 Å². The third-order valence-corrected chi connectivity index (χ3v) is 3.31. The maximum atomic E-state index is 12.0. The van der Waals surface area contributed by atoms with E-state index in [4.69, 9.17) is 10.5 Å². The summed E-state index contributed by atoms with van der Waals surface area (Å²) in [6.07, 6.45) is 5.66. The average molecular weight is 233 g/mol. The Morgan fingerprint density at radius 3 is 2.71 bits per heavy atom. The van der Waals surface area contributed by atoms with Crippen LogP contribution >= 0.6 is 0 Å². The Morgan fingerprint density at radius 2 is 2.00 bits per heavy atom. The van der Waals surface area contributed by atoms with E-state index < -0.39 is 0 Å². The fourth-order valence-electron chi connectivity index (χ4n) is 2.26. The Kier molecular flexibility index (Phi) is 3.67. The first-order valence-electron chi connectivity index (χ1n) is 6.24. The molecule has 2 rings (SSSR count). The van der Waals surface area contributed by atoms with Gasteiger partial charge in [0.2, 0.25) is 0 Å². The van der Waals surface area contributed by atoms with Crippen LogP contribution in [0.2, 0.25) is 0 Å². The van der Waals surface area contributed by atoms with Crippen LogP contribution < -0.4 is 5.73 Å². The highest BCUT2D eigenvalue weighted by Crippen LogP contribution is 2.22. The molecule has 0 saturated heterocycles. The van der Waals surface area contributed by atoms with Crippen LogP contribution in [0, 0.1) is 6.92 Å². The molecular formula is C14H19NO2. The second kappa shape index (κ2) is 5.21. The maximum absolute atomic E-state index is 12.0. The summed E-state index contributed by atoms with van der Waals surface area (Å²) in [5.41, 5.74) is 7.80. The highest BCUT2D eigenvalue weighted by Gasteiger charge is 2.19. The van der Waals surface area contributed by atoms with E-state index in [1.807, 2.05) is 13.0 Å². The molecule has 2 N–H and O–H groups in total. The number of hydrogen-bond acceptors (Lipinski definition) is 3. The molecule has 1 fully saturated rings. The molecule has 0 atom stereocenters. The fourth-order valence-corrected chi connectivity index (χ4v) is 2.26. The molecule has 3 nitrogen and oxygen atoms in total. The summed E-state index contributed by atoms with van der Waals surface area (Å²) >= 11 is 0. The third kappa shape index (κ3) is 2.99. The summed E-state index contributed by atoms with van der Waals surface area (Å²) in [7, 11) is 0. The van der Waals surface area contributed by atoms with Gasteiger partial charge in [0.25, 0.3) is 0 Å². The second-order valence-electron chi connectivity index (χ2n) is 4.74. The first-order chi connectivity index (χ1) is 8.16. The van der Waals surface area contributed by atoms with Crippen molar-refractivity contribution in [1.29, 1.82) is 0 Å². The summed E-state index contributed by atoms with van der Waals surface area (Å²) in [6.45, 7) is 1.90. The molecule has 1 aromatic carbocycles. The van der Waals surface area contributed by atoms with E-state index in [1.54, 1.807) is 12.1 Å². The van der Waals surface area contributed by atoms with Crippen LogP contribution in [0.5, 0.6) is 0 Å². The highest BCUT2D eigenvalue weighted by atomic mass is 16.5. The number of benzene rings is 1. The summed E-state index contributed by atoms with van der Waals surface area (Å²) in [6, 6.07) is 5.35. The normalized spacial score (nSPS) is 16.8. The lowest BCUT2D eigenvalue weighted by atomic mass is 9.97. The van der Waals surface area contributed by atoms with Crippen molar-refractivity contribution in [2.24, 2.45) is 0 Å². The van der Waals surface area contributed by atoms with Gasteiger partial charge in [-0.2, -0.15) is 0 Å². The lowest BCUT2D eigenvalue weighted by Gasteiger charge is -2.22. The van der Waals surface area contributed by atoms with Crippen molar-refractivity contribution in [2.75, 3.05) is 5.73 Å². The minimum atomic E-state index is -0.235. The van der Waals surface area contributed by atoms with E-state index in [-0.39, 0.29) is 12.1 Å². The Labute approximate surface area is 102 Å². The first-order valence-corrected chi connectivity index (χ1v) is 6.24. The zero-order valence-corrected chi connectivity index (χ0v) is 10.2. The number of rotatable bonds is 2. The maximum Gasteiger partial charge on any atom is 0.338 e. The van der Waals surface area contributed by atoms with Gasteiger partial charge < -0.3 is 10.5 Å². The SMILES string of the molecule is Cc1ccc(N)cc1C(=O)OC1CCCCC1. The molecule has 0 radical (unpaired) electrons. The predicted molar refractivity (Wildman–Crippen MR) is 67.9 cm³/mol. The topological polar surface area (TPSA) is 52.3 Å². The monoisotopic (exact) mass is 233 g/mol. The molecule has 0 heterocycles. The Bertz CT molecular complexity index is 409. The highest BCUT2D eigenvalue weighted by molar-refractivity contribution is 5.92. The fraction of sp³-hybridized carbons (Fsp3) is 0.500. The lowest BCUT2D eigenvalue weighted by molar-refractivity contribution is 0.0210. The van der Waals surface area contributed by atoms with Crippen molar-refractivity contribution in [3.8, 4) is 0 Å². The van der Waals surface area contributed by atoms with Crippen molar-refractivity contribution in [3.05, 3.63) is 29.3 Å². The van der Waals surface area contributed by atoms with Gasteiger partial charge >= 0.3 is 5.97 Å². The van der Waals surface area contributed by atoms with Crippen molar-refractivity contribution < 1.29 is 9.53 Å². The van der Waals surface area contributed by atoms with Crippen LogP contribution in [0.1, 0.15) is 48.0 Å². The van der Waals surface area contributed by atoms with E-state index >= 15 is 0 Å². The number of nitrogens with two attached hydrogens (primary N) is 1. The zero-order valence-electron chi connectivity index (χ0n) is 10.2. The van der Waals surface area contributed by atoms with E-state index in [1.165, 1.54) is 6.42 Å². The van der Waals surface area contributed by atoms with Crippen LogP contribution in [-0.2, 0) is 4.74 Å². The molecule has 0 unspecified atom stereocenters. The Hall–Kier alpha value is -1.51. The standard InChI is InChI=1S/C14H19NO2/c1-10-7-8-11(15)9-13(10)14(16)17-12-5-3-2-4-6-12/h7-9,12H,2-6,15H2,1H3. The first kappa shape index (κ1) is 12.0. The molecule has 92 valence electrons. The number of nitrogen functional groups attached to an aromatic ring is 1. The number of carbonyl (C=O) groups is 1. The van der Waals surface area contributed by atoms with Gasteiger partial charge in [-0.3, -0.25) is 0 Å². The molecule has 0 aromatic heterocycles. The molecule has 1 aliphatic carbocycles. The van der Waals surface area contributed by atoms with Crippen LogP contribution in [0.4, 0.5) is 5.69 Å². The molecule has 0 bridgehead atoms. The molecule has 1 aromatic rings. The van der Waals surface area contributed by atoms with Gasteiger partial charge in [-0.05, 0) is 50.3 Å².